The number of nitrogens with one attached hydrogen (secondary N) is 1. The van der Waals surface area contributed by atoms with Crippen LogP contribution in [0.3, 0.4) is 0 Å². The van der Waals surface area contributed by atoms with Gasteiger partial charge in [0, 0.05) is 0 Å². The second kappa shape index (κ2) is 7.50. The van der Waals surface area contributed by atoms with Crippen LogP contribution in [0.2, 0.25) is 0 Å². The Hall–Kier alpha value is -0.490. The molecule has 0 saturated heterocycles. The summed E-state index contributed by atoms with van der Waals surface area (Å²) >= 11 is 0. The van der Waals surface area contributed by atoms with Crippen LogP contribution in [0.1, 0.15) is 38.5 Å². The van der Waals surface area contributed by atoms with E-state index in [1.54, 1.807) is 0 Å². The molecule has 0 bridgehead atoms. The van der Waals surface area contributed by atoms with Crippen LogP contribution in [0.5, 0.6) is 0 Å². The summed E-state index contributed by atoms with van der Waals surface area (Å²) in [6.45, 7) is -0.0672. The number of halogens is 1. The molecule has 0 heterocycles. The van der Waals surface area contributed by atoms with E-state index in [1.807, 2.05) is 0 Å². The predicted molar refractivity (Wildman–Crippen MR) is 75.1 cm³/mol. The molecule has 4 N–H and O–H groups in total. The van der Waals surface area contributed by atoms with Gasteiger partial charge < -0.3 is 20.6 Å². The molecule has 2 rings (SSSR count). The SMILES string of the molecule is O[C@@H]1[C@@H](O)[C@@H](O)C(CF)=C[C@H]1NCCCC1CCCC1. The first kappa shape index (κ1) is 15.9. The van der Waals surface area contributed by atoms with Gasteiger partial charge >= 0.3 is 0 Å². The lowest BCUT2D eigenvalue weighted by atomic mass is 9.88. The molecule has 0 aromatic rings. The molecular weight excluding hydrogens is 261 g/mol. The van der Waals surface area contributed by atoms with Gasteiger partial charge in [0.15, 0.2) is 0 Å². The summed E-state index contributed by atoms with van der Waals surface area (Å²) in [5, 5.41) is 32.3. The van der Waals surface area contributed by atoms with Gasteiger partial charge in [0.05, 0.1) is 6.04 Å². The van der Waals surface area contributed by atoms with E-state index >= 15 is 0 Å². The molecule has 0 amide bonds. The van der Waals surface area contributed by atoms with Gasteiger partial charge in [-0.05, 0) is 30.9 Å². The predicted octanol–water partition coefficient (Wildman–Crippen LogP) is 0.907. The maximum atomic E-state index is 12.7. The zero-order valence-electron chi connectivity index (χ0n) is 11.8. The first-order chi connectivity index (χ1) is 9.63. The molecule has 1 saturated carbocycles. The summed E-state index contributed by atoms with van der Waals surface area (Å²) < 4.78 is 12.7. The summed E-state index contributed by atoms with van der Waals surface area (Å²) in [7, 11) is 0. The van der Waals surface area contributed by atoms with Crippen LogP contribution in [-0.4, -0.2) is 52.9 Å². The van der Waals surface area contributed by atoms with Crippen molar-refractivity contribution in [3.63, 3.8) is 0 Å². The highest BCUT2D eigenvalue weighted by Crippen LogP contribution is 2.28. The van der Waals surface area contributed by atoms with Gasteiger partial charge in [0.1, 0.15) is 25.0 Å². The minimum atomic E-state index is -1.32. The Morgan fingerprint density at radius 3 is 2.50 bits per heavy atom. The highest BCUT2D eigenvalue weighted by atomic mass is 19.1. The number of hydrogen-bond acceptors (Lipinski definition) is 4. The van der Waals surface area contributed by atoms with Crippen LogP contribution >= 0.6 is 0 Å². The molecule has 2 aliphatic rings. The number of aliphatic hydroxyl groups is 3. The van der Waals surface area contributed by atoms with Crippen LogP contribution in [0.25, 0.3) is 0 Å². The minimum absolute atomic E-state index is 0.149. The van der Waals surface area contributed by atoms with Gasteiger partial charge in [-0.15, -0.1) is 0 Å². The van der Waals surface area contributed by atoms with Crippen molar-refractivity contribution in [3.8, 4) is 0 Å². The van der Waals surface area contributed by atoms with Crippen molar-refractivity contribution >= 4 is 0 Å². The van der Waals surface area contributed by atoms with E-state index < -0.39 is 31.0 Å². The van der Waals surface area contributed by atoms with Gasteiger partial charge in [-0.2, -0.15) is 0 Å². The average molecular weight is 287 g/mol. The van der Waals surface area contributed by atoms with Gasteiger partial charge in [-0.25, -0.2) is 4.39 Å². The average Bonchev–Trinajstić information content (AvgIpc) is 2.96. The Morgan fingerprint density at radius 2 is 1.85 bits per heavy atom. The molecule has 0 aromatic carbocycles. The molecule has 0 spiro atoms. The third-order valence-corrected chi connectivity index (χ3v) is 4.61. The molecule has 1 fully saturated rings. The molecule has 0 aliphatic heterocycles. The molecule has 20 heavy (non-hydrogen) atoms. The smallest absolute Gasteiger partial charge is 0.113 e. The monoisotopic (exact) mass is 287 g/mol. The Labute approximate surface area is 119 Å². The van der Waals surface area contributed by atoms with E-state index in [0.717, 1.165) is 18.9 Å². The van der Waals surface area contributed by atoms with Gasteiger partial charge in [-0.3, -0.25) is 0 Å². The standard InChI is InChI=1S/C15H26FNO3/c16-9-11-8-12(14(19)15(20)13(11)18)17-7-3-6-10-4-1-2-5-10/h8,10,12-15,17-20H,1-7,9H2/t12-,13+,14+,15+/m1/s1. The van der Waals surface area contributed by atoms with Crippen molar-refractivity contribution in [2.24, 2.45) is 5.92 Å². The summed E-state index contributed by atoms with van der Waals surface area (Å²) in [4.78, 5) is 0. The van der Waals surface area contributed by atoms with Crippen molar-refractivity contribution in [1.82, 2.24) is 5.32 Å². The Bertz CT molecular complexity index is 331. The Morgan fingerprint density at radius 1 is 1.15 bits per heavy atom. The lowest BCUT2D eigenvalue weighted by molar-refractivity contribution is -0.0628. The maximum absolute atomic E-state index is 12.7. The molecule has 0 radical (unpaired) electrons. The molecule has 0 aromatic heterocycles. The highest BCUT2D eigenvalue weighted by molar-refractivity contribution is 5.21. The fourth-order valence-corrected chi connectivity index (χ4v) is 3.31. The lowest BCUT2D eigenvalue weighted by Crippen LogP contribution is -2.54. The third kappa shape index (κ3) is 3.79. The second-order valence-corrected chi connectivity index (χ2v) is 6.07. The summed E-state index contributed by atoms with van der Waals surface area (Å²) in [5.41, 5.74) is 0.149. The summed E-state index contributed by atoms with van der Waals surface area (Å²) in [5.74, 6) is 0.831. The van der Waals surface area contributed by atoms with E-state index in [-0.39, 0.29) is 5.57 Å². The van der Waals surface area contributed by atoms with Gasteiger partial charge in [0.2, 0.25) is 0 Å². The highest BCUT2D eigenvalue weighted by Gasteiger charge is 2.36. The number of rotatable bonds is 6. The quantitative estimate of drug-likeness (QED) is 0.433. The number of alkyl halides is 1. The number of hydrogen-bond donors (Lipinski definition) is 4. The molecule has 116 valence electrons. The normalized spacial score (nSPS) is 35.3. The fraction of sp³-hybridized carbons (Fsp3) is 0.867. The summed E-state index contributed by atoms with van der Waals surface area (Å²) in [6, 6.07) is -0.484. The van der Waals surface area contributed by atoms with Gasteiger partial charge in [0.25, 0.3) is 0 Å². The van der Waals surface area contributed by atoms with Crippen LogP contribution in [0, 0.1) is 5.92 Å². The van der Waals surface area contributed by atoms with E-state index in [4.69, 9.17) is 0 Å². The zero-order valence-corrected chi connectivity index (χ0v) is 11.8. The Balaban J connectivity index is 1.77. The lowest BCUT2D eigenvalue weighted by Gasteiger charge is -2.34. The molecule has 2 aliphatic carbocycles. The molecule has 5 heteroatoms. The van der Waals surface area contributed by atoms with Gasteiger partial charge in [-0.1, -0.05) is 31.8 Å². The van der Waals surface area contributed by atoms with Crippen LogP contribution < -0.4 is 5.32 Å². The summed E-state index contributed by atoms with van der Waals surface area (Å²) in [6.07, 6.45) is 5.32. The fourth-order valence-electron chi connectivity index (χ4n) is 3.31. The van der Waals surface area contributed by atoms with E-state index in [9.17, 15) is 19.7 Å². The molecule has 4 atom stereocenters. The van der Waals surface area contributed by atoms with E-state index in [1.165, 1.54) is 38.2 Å². The van der Waals surface area contributed by atoms with Crippen molar-refractivity contribution in [2.45, 2.75) is 62.9 Å². The van der Waals surface area contributed by atoms with Crippen LogP contribution in [0.15, 0.2) is 11.6 Å². The first-order valence-corrected chi connectivity index (χ1v) is 7.67. The molecule has 4 nitrogen and oxygen atoms in total. The van der Waals surface area contributed by atoms with E-state index in [0.29, 0.717) is 0 Å². The van der Waals surface area contributed by atoms with Crippen molar-refractivity contribution < 1.29 is 19.7 Å². The van der Waals surface area contributed by atoms with E-state index in [2.05, 4.69) is 5.32 Å². The van der Waals surface area contributed by atoms with Crippen LogP contribution in [-0.2, 0) is 0 Å². The topological polar surface area (TPSA) is 72.7 Å². The first-order valence-electron chi connectivity index (χ1n) is 7.67. The minimum Gasteiger partial charge on any atom is -0.388 e. The van der Waals surface area contributed by atoms with Crippen molar-refractivity contribution in [2.75, 3.05) is 13.2 Å². The zero-order chi connectivity index (χ0) is 14.5. The largest absolute Gasteiger partial charge is 0.388 e. The van der Waals surface area contributed by atoms with Crippen molar-refractivity contribution in [3.05, 3.63) is 11.6 Å². The Kier molecular flexibility index (Phi) is 5.96. The molecule has 0 unspecified atom stereocenters. The van der Waals surface area contributed by atoms with Crippen molar-refractivity contribution in [1.29, 1.82) is 0 Å². The third-order valence-electron chi connectivity index (χ3n) is 4.61. The van der Waals surface area contributed by atoms with Crippen LogP contribution in [0.4, 0.5) is 4.39 Å². The maximum Gasteiger partial charge on any atom is 0.113 e. The molecular formula is C15H26FNO3. The number of aliphatic hydroxyl groups excluding tert-OH is 3. The second-order valence-electron chi connectivity index (χ2n) is 6.07.